The average molecular weight is 178 g/mol. The lowest BCUT2D eigenvalue weighted by Gasteiger charge is -2.10. The fourth-order valence-electron chi connectivity index (χ4n) is 1.02. The average Bonchev–Trinajstić information content (AvgIpc) is 2.15. The van der Waals surface area contributed by atoms with Gasteiger partial charge in [-0.1, -0.05) is 11.6 Å². The van der Waals surface area contributed by atoms with E-state index in [4.69, 9.17) is 5.84 Å². The zero-order valence-electron chi connectivity index (χ0n) is 7.86. The van der Waals surface area contributed by atoms with Crippen molar-refractivity contribution in [2.24, 2.45) is 5.84 Å². The molecule has 1 rings (SSSR count). The van der Waals surface area contributed by atoms with Gasteiger partial charge in [0.2, 0.25) is 0 Å². The molecule has 70 valence electrons. The Hall–Kier alpha value is -1.26. The molecule has 0 spiro atoms. The molecule has 1 aromatic heterocycles. The standard InChI is InChI=1S/C9H14N4/c1-7(2)5-8(13-10)9-6-11-3-4-12-9/h3-6,8,13H,10H2,1-2H3. The van der Waals surface area contributed by atoms with Crippen LogP contribution in [0.2, 0.25) is 0 Å². The highest BCUT2D eigenvalue weighted by Crippen LogP contribution is 2.10. The lowest BCUT2D eigenvalue weighted by molar-refractivity contribution is 0.632. The minimum atomic E-state index is -0.0568. The van der Waals surface area contributed by atoms with Gasteiger partial charge in [0.1, 0.15) is 0 Å². The fraction of sp³-hybridized carbons (Fsp3) is 0.333. The molecule has 0 radical (unpaired) electrons. The molecule has 1 unspecified atom stereocenters. The van der Waals surface area contributed by atoms with Crippen molar-refractivity contribution in [2.75, 3.05) is 0 Å². The van der Waals surface area contributed by atoms with Crippen LogP contribution in [0.25, 0.3) is 0 Å². The van der Waals surface area contributed by atoms with Gasteiger partial charge in [-0.15, -0.1) is 0 Å². The van der Waals surface area contributed by atoms with E-state index in [1.54, 1.807) is 18.6 Å². The minimum Gasteiger partial charge on any atom is -0.271 e. The quantitative estimate of drug-likeness (QED) is 0.411. The van der Waals surface area contributed by atoms with Crippen LogP contribution in [0.15, 0.2) is 30.2 Å². The van der Waals surface area contributed by atoms with Crippen LogP contribution >= 0.6 is 0 Å². The van der Waals surface area contributed by atoms with Gasteiger partial charge in [-0.25, -0.2) is 5.43 Å². The Morgan fingerprint density at radius 2 is 2.31 bits per heavy atom. The number of aromatic nitrogens is 2. The SMILES string of the molecule is CC(C)=CC(NN)c1cnccn1. The summed E-state index contributed by atoms with van der Waals surface area (Å²) < 4.78 is 0. The second-order valence-corrected chi connectivity index (χ2v) is 3.02. The number of nitrogens with zero attached hydrogens (tertiary/aromatic N) is 2. The van der Waals surface area contributed by atoms with E-state index in [9.17, 15) is 0 Å². The molecule has 4 nitrogen and oxygen atoms in total. The summed E-state index contributed by atoms with van der Waals surface area (Å²) in [6.07, 6.45) is 6.99. The van der Waals surface area contributed by atoms with Crippen LogP contribution in [0.5, 0.6) is 0 Å². The highest BCUT2D eigenvalue weighted by molar-refractivity contribution is 5.13. The number of nitrogens with two attached hydrogens (primary N) is 1. The fourth-order valence-corrected chi connectivity index (χ4v) is 1.02. The van der Waals surface area contributed by atoms with Gasteiger partial charge in [-0.2, -0.15) is 0 Å². The van der Waals surface area contributed by atoms with Gasteiger partial charge in [-0.3, -0.25) is 15.8 Å². The zero-order chi connectivity index (χ0) is 9.68. The minimum absolute atomic E-state index is 0.0568. The summed E-state index contributed by atoms with van der Waals surface area (Å²) in [5.74, 6) is 5.39. The number of allylic oxidation sites excluding steroid dienone is 1. The topological polar surface area (TPSA) is 63.8 Å². The number of hydrogen-bond donors (Lipinski definition) is 2. The molecule has 0 aliphatic carbocycles. The predicted molar refractivity (Wildman–Crippen MR) is 51.5 cm³/mol. The summed E-state index contributed by atoms with van der Waals surface area (Å²) in [6, 6.07) is -0.0568. The predicted octanol–water partition coefficient (Wildman–Crippen LogP) is 0.947. The number of nitrogens with one attached hydrogen (secondary N) is 1. The first-order chi connectivity index (χ1) is 6.24. The molecule has 0 saturated heterocycles. The Bertz CT molecular complexity index is 277. The molecular formula is C9H14N4. The van der Waals surface area contributed by atoms with Crippen molar-refractivity contribution in [1.82, 2.24) is 15.4 Å². The molecule has 13 heavy (non-hydrogen) atoms. The van der Waals surface area contributed by atoms with Gasteiger partial charge >= 0.3 is 0 Å². The van der Waals surface area contributed by atoms with E-state index < -0.39 is 0 Å². The first-order valence-electron chi connectivity index (χ1n) is 4.11. The second-order valence-electron chi connectivity index (χ2n) is 3.02. The van der Waals surface area contributed by atoms with Crippen molar-refractivity contribution in [1.29, 1.82) is 0 Å². The molecule has 1 heterocycles. The van der Waals surface area contributed by atoms with Crippen LogP contribution in [-0.2, 0) is 0 Å². The Morgan fingerprint density at radius 1 is 1.54 bits per heavy atom. The molecule has 0 aliphatic rings. The van der Waals surface area contributed by atoms with Gasteiger partial charge in [0.25, 0.3) is 0 Å². The van der Waals surface area contributed by atoms with Crippen LogP contribution in [-0.4, -0.2) is 9.97 Å². The van der Waals surface area contributed by atoms with Crippen molar-refractivity contribution in [3.63, 3.8) is 0 Å². The van der Waals surface area contributed by atoms with E-state index >= 15 is 0 Å². The lowest BCUT2D eigenvalue weighted by atomic mass is 10.1. The van der Waals surface area contributed by atoms with Gasteiger partial charge in [0, 0.05) is 12.4 Å². The molecule has 0 aromatic carbocycles. The van der Waals surface area contributed by atoms with E-state index in [1.807, 2.05) is 19.9 Å². The third kappa shape index (κ3) is 2.93. The molecule has 1 aromatic rings. The van der Waals surface area contributed by atoms with E-state index in [0.717, 1.165) is 5.69 Å². The summed E-state index contributed by atoms with van der Waals surface area (Å²) >= 11 is 0. The summed E-state index contributed by atoms with van der Waals surface area (Å²) in [5.41, 5.74) is 4.68. The summed E-state index contributed by atoms with van der Waals surface area (Å²) in [6.45, 7) is 4.03. The van der Waals surface area contributed by atoms with Gasteiger partial charge in [0.05, 0.1) is 17.9 Å². The number of hydrazine groups is 1. The summed E-state index contributed by atoms with van der Waals surface area (Å²) in [4.78, 5) is 8.13. The van der Waals surface area contributed by atoms with Crippen molar-refractivity contribution < 1.29 is 0 Å². The van der Waals surface area contributed by atoms with Crippen LogP contribution in [0.3, 0.4) is 0 Å². The van der Waals surface area contributed by atoms with Crippen LogP contribution < -0.4 is 11.3 Å². The summed E-state index contributed by atoms with van der Waals surface area (Å²) in [5, 5.41) is 0. The lowest BCUT2D eigenvalue weighted by Crippen LogP contribution is -2.27. The maximum Gasteiger partial charge on any atom is 0.0830 e. The second kappa shape index (κ2) is 4.69. The monoisotopic (exact) mass is 178 g/mol. The Labute approximate surface area is 77.9 Å². The molecule has 0 bridgehead atoms. The highest BCUT2D eigenvalue weighted by atomic mass is 15.2. The smallest absolute Gasteiger partial charge is 0.0830 e. The maximum atomic E-state index is 5.39. The van der Waals surface area contributed by atoms with Crippen molar-refractivity contribution >= 4 is 0 Å². The van der Waals surface area contributed by atoms with Crippen molar-refractivity contribution in [3.8, 4) is 0 Å². The normalized spacial score (nSPS) is 12.2. The summed E-state index contributed by atoms with van der Waals surface area (Å²) in [7, 11) is 0. The third-order valence-corrected chi connectivity index (χ3v) is 1.58. The number of rotatable bonds is 3. The highest BCUT2D eigenvalue weighted by Gasteiger charge is 2.06. The van der Waals surface area contributed by atoms with E-state index in [1.165, 1.54) is 5.57 Å². The third-order valence-electron chi connectivity index (χ3n) is 1.58. The first kappa shape index (κ1) is 9.83. The molecule has 3 N–H and O–H groups in total. The van der Waals surface area contributed by atoms with Crippen LogP contribution in [0.4, 0.5) is 0 Å². The molecule has 4 heteroatoms. The Balaban J connectivity index is 2.85. The van der Waals surface area contributed by atoms with Crippen molar-refractivity contribution in [3.05, 3.63) is 35.9 Å². The van der Waals surface area contributed by atoms with Gasteiger partial charge in [-0.05, 0) is 13.8 Å². The molecule has 0 saturated carbocycles. The Kier molecular flexibility index (Phi) is 3.54. The zero-order valence-corrected chi connectivity index (χ0v) is 7.86. The number of hydrogen-bond acceptors (Lipinski definition) is 4. The van der Waals surface area contributed by atoms with E-state index in [-0.39, 0.29) is 6.04 Å². The van der Waals surface area contributed by atoms with Gasteiger partial charge in [0.15, 0.2) is 0 Å². The molecule has 0 aliphatic heterocycles. The Morgan fingerprint density at radius 3 is 2.77 bits per heavy atom. The molecule has 1 atom stereocenters. The largest absolute Gasteiger partial charge is 0.271 e. The van der Waals surface area contributed by atoms with Crippen LogP contribution in [0.1, 0.15) is 25.6 Å². The maximum absolute atomic E-state index is 5.39. The van der Waals surface area contributed by atoms with Gasteiger partial charge < -0.3 is 0 Å². The molecule has 0 amide bonds. The van der Waals surface area contributed by atoms with Crippen molar-refractivity contribution in [2.45, 2.75) is 19.9 Å². The van der Waals surface area contributed by atoms with Crippen LogP contribution in [0, 0.1) is 0 Å². The van der Waals surface area contributed by atoms with E-state index in [2.05, 4.69) is 15.4 Å². The first-order valence-corrected chi connectivity index (χ1v) is 4.11. The van der Waals surface area contributed by atoms with E-state index in [0.29, 0.717) is 0 Å². The molecule has 0 fully saturated rings. The molecular weight excluding hydrogens is 164 g/mol.